The number of nitrogens with zero attached hydrogens (tertiary/aromatic N) is 3. The molecule has 1 heterocycles. The summed E-state index contributed by atoms with van der Waals surface area (Å²) in [5.41, 5.74) is 9.91. The van der Waals surface area contributed by atoms with Crippen LogP contribution in [-0.2, 0) is 4.79 Å². The van der Waals surface area contributed by atoms with Gasteiger partial charge in [-0.1, -0.05) is 18.2 Å². The second kappa shape index (κ2) is 3.44. The summed E-state index contributed by atoms with van der Waals surface area (Å²) in [5, 5.41) is 0. The van der Waals surface area contributed by atoms with E-state index in [-0.39, 0.29) is 12.3 Å². The third-order valence-electron chi connectivity index (χ3n) is 2.21. The Labute approximate surface area is 81.4 Å². The third kappa shape index (κ3) is 1.43. The Balaban J connectivity index is 2.30. The quantitative estimate of drug-likeness (QED) is 0.479. The largest absolute Gasteiger partial charge is 0.362 e. The number of para-hydroxylation sites is 1. The first-order valence-electron chi connectivity index (χ1n) is 4.36. The van der Waals surface area contributed by atoms with Crippen molar-refractivity contribution in [2.24, 2.45) is 0 Å². The summed E-state index contributed by atoms with van der Waals surface area (Å²) in [6.45, 7) is 0.388. The van der Waals surface area contributed by atoms with Gasteiger partial charge < -0.3 is 10.4 Å². The molecule has 2 rings (SSSR count). The average molecular weight is 187 g/mol. The van der Waals surface area contributed by atoms with Crippen molar-refractivity contribution in [3.05, 3.63) is 35.9 Å². The van der Waals surface area contributed by atoms with Crippen molar-refractivity contribution in [2.45, 2.75) is 6.42 Å². The van der Waals surface area contributed by atoms with Crippen LogP contribution in [0.5, 0.6) is 0 Å². The molecule has 0 atom stereocenters. The highest BCUT2D eigenvalue weighted by molar-refractivity contribution is 6.15. The predicted octanol–water partition coefficient (Wildman–Crippen LogP) is 1.09. The molecule has 0 spiro atoms. The molecule has 1 aromatic rings. The van der Waals surface area contributed by atoms with E-state index >= 15 is 0 Å². The van der Waals surface area contributed by atoms with E-state index < -0.39 is 0 Å². The molecule has 1 amide bonds. The standard InChI is InChI=1S/C10H9N3O/c11-12-8-6-10(14)13(7-8)9-4-2-1-3-5-9/h1-5H,6-7H2. The van der Waals surface area contributed by atoms with E-state index in [1.165, 1.54) is 0 Å². The van der Waals surface area contributed by atoms with E-state index in [4.69, 9.17) is 5.53 Å². The first-order chi connectivity index (χ1) is 6.81. The fourth-order valence-corrected chi connectivity index (χ4v) is 1.51. The molecular weight excluding hydrogens is 178 g/mol. The number of hydrogen-bond donors (Lipinski definition) is 0. The van der Waals surface area contributed by atoms with Crippen LogP contribution in [0.25, 0.3) is 5.53 Å². The number of carbonyl (C=O) groups excluding carboxylic acids is 1. The van der Waals surface area contributed by atoms with E-state index in [1.807, 2.05) is 30.3 Å². The second-order valence-electron chi connectivity index (χ2n) is 3.16. The van der Waals surface area contributed by atoms with Crippen LogP contribution in [0.2, 0.25) is 0 Å². The van der Waals surface area contributed by atoms with E-state index in [2.05, 4.69) is 4.79 Å². The van der Waals surface area contributed by atoms with Crippen molar-refractivity contribution < 1.29 is 9.58 Å². The Morgan fingerprint density at radius 1 is 1.29 bits per heavy atom. The molecule has 0 N–H and O–H groups in total. The monoisotopic (exact) mass is 187 g/mol. The molecule has 0 aromatic heterocycles. The van der Waals surface area contributed by atoms with Crippen LogP contribution in [0.4, 0.5) is 5.69 Å². The first-order valence-corrected chi connectivity index (χ1v) is 4.36. The summed E-state index contributed by atoms with van der Waals surface area (Å²) in [4.78, 5) is 16.2. The lowest BCUT2D eigenvalue weighted by molar-refractivity contribution is -0.116. The number of benzene rings is 1. The second-order valence-corrected chi connectivity index (χ2v) is 3.16. The van der Waals surface area contributed by atoms with Gasteiger partial charge in [0.15, 0.2) is 0 Å². The molecule has 70 valence electrons. The van der Waals surface area contributed by atoms with Crippen LogP contribution < -0.4 is 4.90 Å². The number of rotatable bonds is 1. The van der Waals surface area contributed by atoms with Crippen LogP contribution in [0.15, 0.2) is 30.3 Å². The highest BCUT2D eigenvalue weighted by Crippen LogP contribution is 2.18. The third-order valence-corrected chi connectivity index (χ3v) is 2.21. The minimum absolute atomic E-state index is 0.0241. The average Bonchev–Trinajstić information content (AvgIpc) is 2.61. The molecule has 4 heteroatoms. The van der Waals surface area contributed by atoms with Crippen LogP contribution in [0.1, 0.15) is 6.42 Å². The van der Waals surface area contributed by atoms with Gasteiger partial charge in [-0.25, -0.2) is 0 Å². The summed E-state index contributed by atoms with van der Waals surface area (Å²) < 4.78 is 0. The van der Waals surface area contributed by atoms with Crippen molar-refractivity contribution in [1.82, 2.24) is 0 Å². The van der Waals surface area contributed by atoms with Crippen LogP contribution in [-0.4, -0.2) is 23.0 Å². The maximum absolute atomic E-state index is 11.5. The molecule has 0 radical (unpaired) electrons. The van der Waals surface area contributed by atoms with Gasteiger partial charge in [0, 0.05) is 5.69 Å². The molecule has 14 heavy (non-hydrogen) atoms. The molecule has 1 saturated heterocycles. The van der Waals surface area contributed by atoms with Crippen molar-refractivity contribution in [3.8, 4) is 0 Å². The van der Waals surface area contributed by atoms with E-state index in [0.29, 0.717) is 12.3 Å². The molecule has 0 aliphatic carbocycles. The van der Waals surface area contributed by atoms with Gasteiger partial charge in [-0.3, -0.25) is 4.79 Å². The van der Waals surface area contributed by atoms with Gasteiger partial charge in [-0.2, -0.15) is 4.79 Å². The van der Waals surface area contributed by atoms with Crippen molar-refractivity contribution in [2.75, 3.05) is 11.4 Å². The fraction of sp³-hybridized carbons (Fsp3) is 0.200. The summed E-state index contributed by atoms with van der Waals surface area (Å²) >= 11 is 0. The van der Waals surface area contributed by atoms with Gasteiger partial charge in [-0.15, -0.1) is 0 Å². The van der Waals surface area contributed by atoms with E-state index in [1.54, 1.807) is 4.90 Å². The normalized spacial score (nSPS) is 15.9. The van der Waals surface area contributed by atoms with Crippen LogP contribution in [0.3, 0.4) is 0 Å². The molecule has 4 nitrogen and oxygen atoms in total. The zero-order valence-electron chi connectivity index (χ0n) is 7.55. The smallest absolute Gasteiger partial charge is 0.297 e. The lowest BCUT2D eigenvalue weighted by atomic mass is 10.3. The highest BCUT2D eigenvalue weighted by atomic mass is 16.2. The molecule has 1 aliphatic heterocycles. The Morgan fingerprint density at radius 3 is 2.57 bits per heavy atom. The van der Waals surface area contributed by atoms with Gasteiger partial charge in [-0.05, 0) is 12.1 Å². The lowest BCUT2D eigenvalue weighted by Crippen LogP contribution is -2.24. The van der Waals surface area contributed by atoms with E-state index in [9.17, 15) is 4.79 Å². The van der Waals surface area contributed by atoms with Crippen molar-refractivity contribution in [1.29, 1.82) is 0 Å². The molecule has 1 aromatic carbocycles. The number of amides is 1. The minimum atomic E-state index is -0.0241. The van der Waals surface area contributed by atoms with Crippen LogP contribution in [0, 0.1) is 0 Å². The summed E-state index contributed by atoms with van der Waals surface area (Å²) in [7, 11) is 0. The molecule has 1 fully saturated rings. The molecule has 0 bridgehead atoms. The summed E-state index contributed by atoms with van der Waals surface area (Å²) in [6.07, 6.45) is 0.214. The zero-order valence-corrected chi connectivity index (χ0v) is 7.55. The molecular formula is C10H9N3O. The SMILES string of the molecule is [N-]=[N+]=C1CC(=O)N(c2ccccc2)C1. The molecule has 0 saturated carbocycles. The number of carbonyl (C=O) groups is 1. The maximum atomic E-state index is 11.5. The van der Waals surface area contributed by atoms with Crippen molar-refractivity contribution in [3.63, 3.8) is 0 Å². The summed E-state index contributed by atoms with van der Waals surface area (Å²) in [5.74, 6) is -0.0241. The predicted molar refractivity (Wildman–Crippen MR) is 52.0 cm³/mol. The Hall–Kier alpha value is -1.93. The van der Waals surface area contributed by atoms with Gasteiger partial charge in [0.25, 0.3) is 5.71 Å². The molecule has 0 unspecified atom stereocenters. The Kier molecular flexibility index (Phi) is 2.13. The lowest BCUT2D eigenvalue weighted by Gasteiger charge is -2.12. The number of anilines is 1. The number of hydrogen-bond acceptors (Lipinski definition) is 1. The highest BCUT2D eigenvalue weighted by Gasteiger charge is 2.32. The molecule has 1 aliphatic rings. The first kappa shape index (κ1) is 8.66. The fourth-order valence-electron chi connectivity index (χ4n) is 1.51. The van der Waals surface area contributed by atoms with Crippen LogP contribution >= 0.6 is 0 Å². The van der Waals surface area contributed by atoms with Gasteiger partial charge in [0.05, 0.1) is 0 Å². The zero-order chi connectivity index (χ0) is 9.97. The Bertz CT molecular complexity index is 407. The maximum Gasteiger partial charge on any atom is 0.297 e. The van der Waals surface area contributed by atoms with E-state index in [0.717, 1.165) is 5.69 Å². The minimum Gasteiger partial charge on any atom is -0.362 e. The topological polar surface area (TPSA) is 56.7 Å². The van der Waals surface area contributed by atoms with Gasteiger partial charge in [0.2, 0.25) is 5.91 Å². The summed E-state index contributed by atoms with van der Waals surface area (Å²) in [6, 6.07) is 9.36. The van der Waals surface area contributed by atoms with Crippen molar-refractivity contribution >= 4 is 17.3 Å². The van der Waals surface area contributed by atoms with Gasteiger partial charge >= 0.3 is 0 Å². The Morgan fingerprint density at radius 2 is 2.00 bits per heavy atom. The van der Waals surface area contributed by atoms with Gasteiger partial charge in [0.1, 0.15) is 13.0 Å².